The molecule has 0 bridgehead atoms. The molecule has 0 aromatic rings. The van der Waals surface area contributed by atoms with E-state index in [4.69, 9.17) is 4.74 Å². The van der Waals surface area contributed by atoms with E-state index in [2.05, 4.69) is 0 Å². The van der Waals surface area contributed by atoms with Crippen LogP contribution in [0.4, 0.5) is 0 Å². The molecule has 2 unspecified atom stereocenters. The summed E-state index contributed by atoms with van der Waals surface area (Å²) in [7, 11) is 0. The number of Topliss-reactive ketones (excluding diaryl/α,β-unsaturated/α-hetero) is 1. The van der Waals surface area contributed by atoms with Gasteiger partial charge in [0.05, 0.1) is 13.0 Å². The summed E-state index contributed by atoms with van der Waals surface area (Å²) in [6, 6.07) is 0. The van der Waals surface area contributed by atoms with E-state index in [1.54, 1.807) is 0 Å². The molecule has 1 rings (SSSR count). The highest BCUT2D eigenvalue weighted by atomic mass is 16.5. The van der Waals surface area contributed by atoms with Crippen LogP contribution in [-0.2, 0) is 14.3 Å². The van der Waals surface area contributed by atoms with Crippen LogP contribution in [0, 0.1) is 11.3 Å². The molecule has 0 aliphatic heterocycles. The molecule has 1 fully saturated rings. The molecule has 0 saturated heterocycles. The van der Waals surface area contributed by atoms with E-state index in [1.165, 1.54) is 0 Å². The van der Waals surface area contributed by atoms with Gasteiger partial charge in [-0.2, -0.15) is 0 Å². The predicted molar refractivity (Wildman–Crippen MR) is 57.4 cm³/mol. The Morgan fingerprint density at radius 3 is 2.73 bits per heavy atom. The minimum atomic E-state index is -0.179. The van der Waals surface area contributed by atoms with Gasteiger partial charge in [-0.3, -0.25) is 9.59 Å². The number of hydrogen-bond donors (Lipinski definition) is 0. The molecule has 0 aromatic carbocycles. The van der Waals surface area contributed by atoms with Gasteiger partial charge < -0.3 is 4.74 Å². The molecule has 0 heterocycles. The fourth-order valence-electron chi connectivity index (χ4n) is 2.07. The second-order valence-corrected chi connectivity index (χ2v) is 4.74. The van der Waals surface area contributed by atoms with Gasteiger partial charge >= 0.3 is 5.97 Å². The first-order valence-electron chi connectivity index (χ1n) is 5.68. The van der Waals surface area contributed by atoms with Crippen LogP contribution in [0.15, 0.2) is 0 Å². The molecule has 1 saturated carbocycles. The van der Waals surface area contributed by atoms with E-state index >= 15 is 0 Å². The Hall–Kier alpha value is -0.860. The SMILES string of the molecule is CCCOC(=O)CC1(C)CCC(=O)C1C. The molecule has 0 amide bonds. The zero-order valence-corrected chi connectivity index (χ0v) is 9.84. The van der Waals surface area contributed by atoms with Gasteiger partial charge in [-0.05, 0) is 18.3 Å². The van der Waals surface area contributed by atoms with Crippen molar-refractivity contribution in [3.05, 3.63) is 0 Å². The van der Waals surface area contributed by atoms with Crippen molar-refractivity contribution >= 4 is 11.8 Å². The second kappa shape index (κ2) is 4.77. The standard InChI is InChI=1S/C12H20O3/c1-4-7-15-11(14)8-12(3)6-5-10(13)9(12)2/h9H,4-8H2,1-3H3. The van der Waals surface area contributed by atoms with Crippen LogP contribution in [0.5, 0.6) is 0 Å². The number of esters is 1. The summed E-state index contributed by atoms with van der Waals surface area (Å²) in [5, 5.41) is 0. The maximum absolute atomic E-state index is 11.5. The summed E-state index contributed by atoms with van der Waals surface area (Å²) in [6.07, 6.45) is 2.64. The van der Waals surface area contributed by atoms with Gasteiger partial charge in [0.15, 0.2) is 0 Å². The number of carbonyl (C=O) groups is 2. The van der Waals surface area contributed by atoms with Gasteiger partial charge in [-0.15, -0.1) is 0 Å². The lowest BCUT2D eigenvalue weighted by atomic mass is 9.78. The first-order chi connectivity index (χ1) is 6.99. The molecular weight excluding hydrogens is 192 g/mol. The van der Waals surface area contributed by atoms with Crippen molar-refractivity contribution in [2.45, 2.75) is 46.5 Å². The van der Waals surface area contributed by atoms with Gasteiger partial charge in [0, 0.05) is 12.3 Å². The Morgan fingerprint density at radius 1 is 1.60 bits per heavy atom. The summed E-state index contributed by atoms with van der Waals surface area (Å²) in [5.74, 6) is 0.105. The smallest absolute Gasteiger partial charge is 0.306 e. The third-order valence-corrected chi connectivity index (χ3v) is 3.49. The molecule has 15 heavy (non-hydrogen) atoms. The van der Waals surface area contributed by atoms with Crippen molar-refractivity contribution in [1.82, 2.24) is 0 Å². The Balaban J connectivity index is 2.50. The minimum Gasteiger partial charge on any atom is -0.466 e. The van der Waals surface area contributed by atoms with Crippen molar-refractivity contribution in [2.24, 2.45) is 11.3 Å². The van der Waals surface area contributed by atoms with Crippen molar-refractivity contribution in [2.75, 3.05) is 6.61 Å². The summed E-state index contributed by atoms with van der Waals surface area (Å²) < 4.78 is 5.05. The van der Waals surface area contributed by atoms with E-state index < -0.39 is 0 Å². The van der Waals surface area contributed by atoms with Crippen LogP contribution in [0.25, 0.3) is 0 Å². The van der Waals surface area contributed by atoms with Crippen LogP contribution in [0.1, 0.15) is 46.5 Å². The zero-order chi connectivity index (χ0) is 11.5. The van der Waals surface area contributed by atoms with E-state index in [9.17, 15) is 9.59 Å². The number of ether oxygens (including phenoxy) is 1. The largest absolute Gasteiger partial charge is 0.466 e. The molecule has 0 aromatic heterocycles. The van der Waals surface area contributed by atoms with Crippen LogP contribution >= 0.6 is 0 Å². The lowest BCUT2D eigenvalue weighted by Gasteiger charge is -2.26. The molecule has 3 nitrogen and oxygen atoms in total. The van der Waals surface area contributed by atoms with Crippen LogP contribution < -0.4 is 0 Å². The average molecular weight is 212 g/mol. The maximum atomic E-state index is 11.5. The number of hydrogen-bond acceptors (Lipinski definition) is 3. The fourth-order valence-corrected chi connectivity index (χ4v) is 2.07. The Kier molecular flexibility index (Phi) is 3.89. The number of rotatable bonds is 4. The van der Waals surface area contributed by atoms with Crippen LogP contribution in [0.2, 0.25) is 0 Å². The van der Waals surface area contributed by atoms with Crippen molar-refractivity contribution in [1.29, 1.82) is 0 Å². The minimum absolute atomic E-state index is 0.00771. The number of ketones is 1. The highest BCUT2D eigenvalue weighted by Gasteiger charge is 2.43. The van der Waals surface area contributed by atoms with E-state index in [-0.39, 0.29) is 23.1 Å². The van der Waals surface area contributed by atoms with Gasteiger partial charge in [0.2, 0.25) is 0 Å². The van der Waals surface area contributed by atoms with E-state index in [1.807, 2.05) is 20.8 Å². The highest BCUT2D eigenvalue weighted by Crippen LogP contribution is 2.43. The highest BCUT2D eigenvalue weighted by molar-refractivity contribution is 5.85. The van der Waals surface area contributed by atoms with Gasteiger partial charge in [-0.1, -0.05) is 20.8 Å². The lowest BCUT2D eigenvalue weighted by molar-refractivity contribution is -0.146. The molecule has 1 aliphatic carbocycles. The summed E-state index contributed by atoms with van der Waals surface area (Å²) in [4.78, 5) is 22.9. The van der Waals surface area contributed by atoms with Gasteiger partial charge in [-0.25, -0.2) is 0 Å². The molecule has 86 valence electrons. The van der Waals surface area contributed by atoms with Gasteiger partial charge in [0.1, 0.15) is 5.78 Å². The Bertz CT molecular complexity index is 260. The van der Waals surface area contributed by atoms with Gasteiger partial charge in [0.25, 0.3) is 0 Å². The molecule has 0 radical (unpaired) electrons. The van der Waals surface area contributed by atoms with Crippen molar-refractivity contribution in [3.8, 4) is 0 Å². The molecule has 2 atom stereocenters. The number of carbonyl (C=O) groups excluding carboxylic acids is 2. The summed E-state index contributed by atoms with van der Waals surface area (Å²) >= 11 is 0. The van der Waals surface area contributed by atoms with Crippen LogP contribution in [-0.4, -0.2) is 18.4 Å². The molecule has 0 N–H and O–H groups in total. The maximum Gasteiger partial charge on any atom is 0.306 e. The third-order valence-electron chi connectivity index (χ3n) is 3.49. The van der Waals surface area contributed by atoms with Crippen molar-refractivity contribution < 1.29 is 14.3 Å². The quantitative estimate of drug-likeness (QED) is 0.672. The normalized spacial score (nSPS) is 30.6. The fraction of sp³-hybridized carbons (Fsp3) is 0.833. The Labute approximate surface area is 91.2 Å². The second-order valence-electron chi connectivity index (χ2n) is 4.74. The zero-order valence-electron chi connectivity index (χ0n) is 9.84. The molecular formula is C12H20O3. The topological polar surface area (TPSA) is 43.4 Å². The van der Waals surface area contributed by atoms with E-state index in [0.717, 1.165) is 12.8 Å². The van der Waals surface area contributed by atoms with Crippen molar-refractivity contribution in [3.63, 3.8) is 0 Å². The average Bonchev–Trinajstić information content (AvgIpc) is 2.43. The predicted octanol–water partition coefficient (Wildman–Crippen LogP) is 2.33. The molecule has 1 aliphatic rings. The van der Waals surface area contributed by atoms with E-state index in [0.29, 0.717) is 19.4 Å². The summed E-state index contributed by atoms with van der Waals surface area (Å²) in [5.41, 5.74) is -0.179. The first kappa shape index (κ1) is 12.2. The third kappa shape index (κ3) is 2.80. The Morgan fingerprint density at radius 2 is 2.27 bits per heavy atom. The first-order valence-corrected chi connectivity index (χ1v) is 5.68. The summed E-state index contributed by atoms with van der Waals surface area (Å²) in [6.45, 7) is 6.38. The van der Waals surface area contributed by atoms with Crippen LogP contribution in [0.3, 0.4) is 0 Å². The molecule has 0 spiro atoms. The lowest BCUT2D eigenvalue weighted by Crippen LogP contribution is -2.27. The molecule has 3 heteroatoms. The monoisotopic (exact) mass is 212 g/mol.